The number of unbranched alkanes of at least 4 members (excludes halogenated alkanes) is 13. The second-order valence-corrected chi connectivity index (χ2v) is 13.3. The van der Waals surface area contributed by atoms with E-state index in [4.69, 9.17) is 0 Å². The third-order valence-corrected chi connectivity index (χ3v) is 9.78. The molecule has 2 unspecified atom stereocenters. The molecule has 2 nitrogen and oxygen atoms in total. The first-order valence-electron chi connectivity index (χ1n) is 17.9. The van der Waals surface area contributed by atoms with Crippen LogP contribution < -0.4 is 4.57 Å². The van der Waals surface area contributed by atoms with Crippen LogP contribution in [-0.2, 0) is 18.4 Å². The quantitative estimate of drug-likeness (QED) is 0.0693. The highest BCUT2D eigenvalue weighted by atomic mass is 15.1. The van der Waals surface area contributed by atoms with Gasteiger partial charge in [0.15, 0.2) is 0 Å². The molecule has 2 heteroatoms. The minimum atomic E-state index is -0.0392. The minimum absolute atomic E-state index is 0.0392. The maximum absolute atomic E-state index is 3.75. The summed E-state index contributed by atoms with van der Waals surface area (Å²) in [6, 6.07) is 33.3. The van der Waals surface area contributed by atoms with Gasteiger partial charge in [0.25, 0.3) is 5.82 Å². The summed E-state index contributed by atoms with van der Waals surface area (Å²) in [4.78, 5) is 3.75. The number of rotatable bonds is 22. The standard InChI is InChI=1S/C42H58N2/c1-3-4-5-6-7-8-9-10-11-12-13-14-15-25-32-40(41-43-33-34-44(41)36-38-28-21-17-22-29-38)42(2,39-30-23-18-24-31-39)35-37-26-19-16-20-27-37/h16-24,26-31,33-34,40H,3-15,25,32,35-36H2,1-2H3/p+1. The fraction of sp³-hybridized carbons (Fsp3) is 0.500. The maximum Gasteiger partial charge on any atom is 0.258 e. The van der Waals surface area contributed by atoms with Gasteiger partial charge in [-0.05, 0) is 29.5 Å². The molecule has 0 spiro atoms. The highest BCUT2D eigenvalue weighted by Crippen LogP contribution is 2.43. The van der Waals surface area contributed by atoms with Crippen LogP contribution in [0.25, 0.3) is 0 Å². The van der Waals surface area contributed by atoms with Crippen LogP contribution in [0.2, 0.25) is 0 Å². The molecule has 0 saturated heterocycles. The number of benzene rings is 3. The summed E-state index contributed by atoms with van der Waals surface area (Å²) >= 11 is 0. The summed E-state index contributed by atoms with van der Waals surface area (Å²) in [5.74, 6) is 1.73. The Bertz CT molecular complexity index is 1260. The lowest BCUT2D eigenvalue weighted by molar-refractivity contribution is -0.696. The van der Waals surface area contributed by atoms with E-state index < -0.39 is 0 Å². The molecular formula is C42H59N2+. The molecule has 0 amide bonds. The SMILES string of the molecule is CCCCCCCCCCCCCCCCC(c1[nH]cc[n+]1Cc1ccccc1)C(C)(Cc1ccccc1)c1ccccc1. The average molecular weight is 592 g/mol. The van der Waals surface area contributed by atoms with Crippen LogP contribution in [0.1, 0.15) is 139 Å². The van der Waals surface area contributed by atoms with Gasteiger partial charge < -0.3 is 0 Å². The highest BCUT2D eigenvalue weighted by Gasteiger charge is 2.42. The number of nitrogens with zero attached hydrogens (tertiary/aromatic N) is 1. The third-order valence-electron chi connectivity index (χ3n) is 9.78. The van der Waals surface area contributed by atoms with Crippen LogP contribution in [0.15, 0.2) is 103 Å². The zero-order valence-corrected chi connectivity index (χ0v) is 27.9. The summed E-state index contributed by atoms with van der Waals surface area (Å²) in [7, 11) is 0. The molecule has 2 atom stereocenters. The van der Waals surface area contributed by atoms with Crippen molar-refractivity contribution in [2.75, 3.05) is 0 Å². The Hall–Kier alpha value is -3.13. The van der Waals surface area contributed by atoms with E-state index in [0.717, 1.165) is 13.0 Å². The van der Waals surface area contributed by atoms with Gasteiger partial charge in [0.1, 0.15) is 18.9 Å². The van der Waals surface area contributed by atoms with E-state index in [1.54, 1.807) is 0 Å². The van der Waals surface area contributed by atoms with E-state index in [1.165, 1.54) is 119 Å². The smallest absolute Gasteiger partial charge is 0.247 e. The molecule has 1 aromatic heterocycles. The maximum atomic E-state index is 3.75. The minimum Gasteiger partial charge on any atom is -0.247 e. The van der Waals surface area contributed by atoms with Crippen LogP contribution >= 0.6 is 0 Å². The van der Waals surface area contributed by atoms with Crippen molar-refractivity contribution in [1.82, 2.24) is 4.98 Å². The van der Waals surface area contributed by atoms with Crippen molar-refractivity contribution in [3.8, 4) is 0 Å². The van der Waals surface area contributed by atoms with Crippen LogP contribution in [0.4, 0.5) is 0 Å². The molecule has 3 aromatic carbocycles. The first kappa shape index (κ1) is 33.8. The van der Waals surface area contributed by atoms with E-state index in [2.05, 4.69) is 127 Å². The van der Waals surface area contributed by atoms with Crippen LogP contribution in [-0.4, -0.2) is 4.98 Å². The van der Waals surface area contributed by atoms with Crippen molar-refractivity contribution in [1.29, 1.82) is 0 Å². The Morgan fingerprint density at radius 2 is 1.07 bits per heavy atom. The third kappa shape index (κ3) is 10.8. The predicted molar refractivity (Wildman–Crippen MR) is 188 cm³/mol. The van der Waals surface area contributed by atoms with Gasteiger partial charge in [-0.3, -0.25) is 0 Å². The lowest BCUT2D eigenvalue weighted by atomic mass is 9.66. The topological polar surface area (TPSA) is 19.7 Å². The Balaban J connectivity index is 1.40. The summed E-state index contributed by atoms with van der Waals surface area (Å²) in [5.41, 5.74) is 4.15. The number of aromatic nitrogens is 2. The molecule has 0 saturated carbocycles. The van der Waals surface area contributed by atoms with Gasteiger partial charge >= 0.3 is 0 Å². The number of H-pyrrole nitrogens is 1. The fourth-order valence-electron chi connectivity index (χ4n) is 7.16. The summed E-state index contributed by atoms with van der Waals surface area (Å²) < 4.78 is 2.47. The Morgan fingerprint density at radius 1 is 0.591 bits per heavy atom. The molecule has 4 rings (SSSR count). The van der Waals surface area contributed by atoms with Crippen molar-refractivity contribution in [2.24, 2.45) is 0 Å². The van der Waals surface area contributed by atoms with Crippen molar-refractivity contribution < 1.29 is 4.57 Å². The molecule has 4 aromatic rings. The van der Waals surface area contributed by atoms with Gasteiger partial charge in [-0.2, -0.15) is 0 Å². The van der Waals surface area contributed by atoms with Crippen molar-refractivity contribution in [2.45, 2.75) is 134 Å². The molecule has 0 aliphatic carbocycles. The second-order valence-electron chi connectivity index (χ2n) is 13.3. The molecule has 0 radical (unpaired) electrons. The van der Waals surface area contributed by atoms with E-state index in [-0.39, 0.29) is 5.41 Å². The van der Waals surface area contributed by atoms with Crippen LogP contribution in [0.5, 0.6) is 0 Å². The molecule has 1 heterocycles. The zero-order valence-electron chi connectivity index (χ0n) is 27.9. The van der Waals surface area contributed by atoms with Crippen LogP contribution in [0, 0.1) is 0 Å². The first-order chi connectivity index (χ1) is 21.7. The molecule has 0 fully saturated rings. The first-order valence-corrected chi connectivity index (χ1v) is 17.9. The van der Waals surface area contributed by atoms with E-state index >= 15 is 0 Å². The molecule has 44 heavy (non-hydrogen) atoms. The molecule has 1 N–H and O–H groups in total. The van der Waals surface area contributed by atoms with E-state index in [1.807, 2.05) is 0 Å². The normalized spacial score (nSPS) is 13.5. The van der Waals surface area contributed by atoms with Gasteiger partial charge in [0.05, 0.1) is 5.92 Å². The number of hydrogen-bond donors (Lipinski definition) is 1. The molecule has 236 valence electrons. The van der Waals surface area contributed by atoms with Crippen molar-refractivity contribution in [3.63, 3.8) is 0 Å². The number of imidazole rings is 1. The lowest BCUT2D eigenvalue weighted by Crippen LogP contribution is -2.44. The summed E-state index contributed by atoms with van der Waals surface area (Å²) in [6.07, 6.45) is 26.1. The lowest BCUT2D eigenvalue weighted by Gasteiger charge is -2.37. The second kappa shape index (κ2) is 19.3. The predicted octanol–water partition coefficient (Wildman–Crippen LogP) is 11.5. The van der Waals surface area contributed by atoms with Gasteiger partial charge in [-0.15, -0.1) is 0 Å². The highest BCUT2D eigenvalue weighted by molar-refractivity contribution is 5.32. The van der Waals surface area contributed by atoms with E-state index in [0.29, 0.717) is 5.92 Å². The molecular weight excluding hydrogens is 532 g/mol. The van der Waals surface area contributed by atoms with Crippen LogP contribution in [0.3, 0.4) is 0 Å². The molecule has 0 bridgehead atoms. The van der Waals surface area contributed by atoms with E-state index in [9.17, 15) is 0 Å². The van der Waals surface area contributed by atoms with Gasteiger partial charge in [-0.25, -0.2) is 9.55 Å². The number of hydrogen-bond acceptors (Lipinski definition) is 0. The Kier molecular flexibility index (Phi) is 14.8. The Morgan fingerprint density at radius 3 is 1.61 bits per heavy atom. The number of nitrogens with one attached hydrogen (secondary N) is 1. The van der Waals surface area contributed by atoms with Gasteiger partial charge in [0.2, 0.25) is 0 Å². The van der Waals surface area contributed by atoms with Crippen molar-refractivity contribution in [3.05, 3.63) is 126 Å². The van der Waals surface area contributed by atoms with Gasteiger partial charge in [-0.1, -0.05) is 195 Å². The molecule has 0 aliphatic heterocycles. The Labute approximate surface area is 269 Å². The average Bonchev–Trinajstić information content (AvgIpc) is 3.51. The van der Waals surface area contributed by atoms with Gasteiger partial charge in [0, 0.05) is 5.41 Å². The number of aromatic amines is 1. The monoisotopic (exact) mass is 591 g/mol. The largest absolute Gasteiger partial charge is 0.258 e. The zero-order chi connectivity index (χ0) is 30.7. The summed E-state index contributed by atoms with van der Waals surface area (Å²) in [5, 5.41) is 0. The fourth-order valence-corrected chi connectivity index (χ4v) is 7.16. The van der Waals surface area contributed by atoms with Crippen molar-refractivity contribution >= 4 is 0 Å². The summed E-state index contributed by atoms with van der Waals surface area (Å²) in [6.45, 7) is 5.71. The molecule has 0 aliphatic rings.